The van der Waals surface area contributed by atoms with E-state index in [-0.39, 0.29) is 29.9 Å². The zero-order valence-corrected chi connectivity index (χ0v) is 13.8. The Labute approximate surface area is 140 Å². The molecular weight excluding hydrogens is 308 g/mol. The van der Waals surface area contributed by atoms with Crippen molar-refractivity contribution in [3.63, 3.8) is 0 Å². The van der Waals surface area contributed by atoms with Gasteiger partial charge in [-0.3, -0.25) is 9.59 Å². The van der Waals surface area contributed by atoms with Crippen molar-refractivity contribution in [2.75, 3.05) is 5.32 Å². The summed E-state index contributed by atoms with van der Waals surface area (Å²) in [4.78, 5) is 23.6. The fourth-order valence-corrected chi connectivity index (χ4v) is 2.00. The number of carbonyl (C=O) groups is 2. The van der Waals surface area contributed by atoms with Crippen LogP contribution >= 0.6 is 0 Å². The summed E-state index contributed by atoms with van der Waals surface area (Å²) in [6, 6.07) is 10.4. The quantitative estimate of drug-likeness (QED) is 0.727. The van der Waals surface area contributed by atoms with Crippen molar-refractivity contribution in [2.45, 2.75) is 32.9 Å². The maximum atomic E-state index is 11.8. The van der Waals surface area contributed by atoms with E-state index in [2.05, 4.69) is 10.6 Å². The number of anilines is 1. The predicted molar refractivity (Wildman–Crippen MR) is 90.4 cm³/mol. The summed E-state index contributed by atoms with van der Waals surface area (Å²) in [6.45, 7) is 4.11. The van der Waals surface area contributed by atoms with E-state index in [4.69, 9.17) is 4.42 Å². The Hall–Kier alpha value is -2.60. The molecule has 0 bridgehead atoms. The first-order valence-electron chi connectivity index (χ1n) is 7.84. The van der Waals surface area contributed by atoms with E-state index in [0.717, 1.165) is 5.56 Å². The summed E-state index contributed by atoms with van der Waals surface area (Å²) in [7, 11) is 0. The Morgan fingerprint density at radius 1 is 1.17 bits per heavy atom. The molecule has 1 aromatic heterocycles. The molecule has 3 N–H and O–H groups in total. The Balaban J connectivity index is 1.82. The van der Waals surface area contributed by atoms with Crippen LogP contribution in [0.5, 0.6) is 0 Å². The van der Waals surface area contributed by atoms with Gasteiger partial charge in [-0.15, -0.1) is 0 Å². The van der Waals surface area contributed by atoms with Crippen molar-refractivity contribution in [1.29, 1.82) is 0 Å². The monoisotopic (exact) mass is 330 g/mol. The van der Waals surface area contributed by atoms with Gasteiger partial charge < -0.3 is 20.2 Å². The smallest absolute Gasteiger partial charge is 0.291 e. The predicted octanol–water partition coefficient (Wildman–Crippen LogP) is 2.56. The highest BCUT2D eigenvalue weighted by molar-refractivity contribution is 6.02. The maximum Gasteiger partial charge on any atom is 0.291 e. The van der Waals surface area contributed by atoms with Gasteiger partial charge in [0.1, 0.15) is 0 Å². The third-order valence-electron chi connectivity index (χ3n) is 3.61. The normalized spacial score (nSPS) is 12.0. The second-order valence-electron chi connectivity index (χ2n) is 5.92. The first-order chi connectivity index (χ1) is 11.5. The van der Waals surface area contributed by atoms with Crippen molar-refractivity contribution in [1.82, 2.24) is 5.32 Å². The van der Waals surface area contributed by atoms with Gasteiger partial charge in [-0.05, 0) is 35.7 Å². The van der Waals surface area contributed by atoms with Crippen molar-refractivity contribution >= 4 is 17.5 Å². The van der Waals surface area contributed by atoms with Crippen molar-refractivity contribution in [3.05, 3.63) is 54.0 Å². The number of furan rings is 1. The van der Waals surface area contributed by atoms with E-state index >= 15 is 0 Å². The largest absolute Gasteiger partial charge is 0.459 e. The minimum atomic E-state index is -0.635. The average Bonchev–Trinajstić information content (AvgIpc) is 3.08. The van der Waals surface area contributed by atoms with Crippen LogP contribution in [-0.4, -0.2) is 23.0 Å². The topological polar surface area (TPSA) is 91.6 Å². The lowest BCUT2D eigenvalue weighted by Gasteiger charge is -2.14. The second kappa shape index (κ2) is 8.31. The van der Waals surface area contributed by atoms with E-state index < -0.39 is 6.10 Å². The summed E-state index contributed by atoms with van der Waals surface area (Å²) in [5.74, 6) is -0.210. The molecule has 0 radical (unpaired) electrons. The van der Waals surface area contributed by atoms with Crippen LogP contribution in [0.1, 0.15) is 36.4 Å². The summed E-state index contributed by atoms with van der Waals surface area (Å²) in [5.41, 5.74) is 1.54. The van der Waals surface area contributed by atoms with Gasteiger partial charge in [-0.1, -0.05) is 26.0 Å². The highest BCUT2D eigenvalue weighted by Crippen LogP contribution is 2.12. The molecule has 0 aliphatic carbocycles. The maximum absolute atomic E-state index is 11.8. The average molecular weight is 330 g/mol. The molecule has 0 spiro atoms. The highest BCUT2D eigenvalue weighted by Gasteiger charge is 2.14. The van der Waals surface area contributed by atoms with E-state index in [1.807, 2.05) is 26.0 Å². The molecule has 1 atom stereocenters. The Morgan fingerprint density at radius 2 is 1.88 bits per heavy atom. The van der Waals surface area contributed by atoms with E-state index in [1.54, 1.807) is 24.3 Å². The Bertz CT molecular complexity index is 663. The molecule has 2 aromatic rings. The van der Waals surface area contributed by atoms with Gasteiger partial charge in [0.15, 0.2) is 5.76 Å². The van der Waals surface area contributed by atoms with Crippen LogP contribution in [0.15, 0.2) is 47.1 Å². The van der Waals surface area contributed by atoms with Gasteiger partial charge in [-0.2, -0.15) is 0 Å². The number of amides is 2. The van der Waals surface area contributed by atoms with Gasteiger partial charge in [0, 0.05) is 12.2 Å². The molecule has 0 aliphatic rings. The SMILES string of the molecule is CC(C)C(O)CC(=O)NCc1ccc(NC(=O)c2ccco2)cc1. The fourth-order valence-electron chi connectivity index (χ4n) is 2.00. The molecule has 6 heteroatoms. The first kappa shape index (κ1) is 17.7. The molecule has 2 rings (SSSR count). The second-order valence-corrected chi connectivity index (χ2v) is 5.92. The molecule has 0 fully saturated rings. The number of benzene rings is 1. The van der Waals surface area contributed by atoms with Crippen LogP contribution in [0.4, 0.5) is 5.69 Å². The molecule has 0 saturated heterocycles. The van der Waals surface area contributed by atoms with Gasteiger partial charge in [0.25, 0.3) is 5.91 Å². The minimum Gasteiger partial charge on any atom is -0.459 e. The van der Waals surface area contributed by atoms with Crippen LogP contribution in [0.25, 0.3) is 0 Å². The summed E-state index contributed by atoms with van der Waals surface area (Å²) in [5, 5.41) is 15.2. The van der Waals surface area contributed by atoms with Crippen molar-refractivity contribution in [3.8, 4) is 0 Å². The van der Waals surface area contributed by atoms with Crippen LogP contribution in [-0.2, 0) is 11.3 Å². The molecule has 1 aromatic carbocycles. The number of aliphatic hydroxyl groups is 1. The van der Waals surface area contributed by atoms with Crippen LogP contribution in [0.2, 0.25) is 0 Å². The summed E-state index contributed by atoms with van der Waals surface area (Å²) in [6.07, 6.45) is 0.899. The molecule has 2 amide bonds. The van der Waals surface area contributed by atoms with Crippen LogP contribution < -0.4 is 10.6 Å². The zero-order chi connectivity index (χ0) is 17.5. The number of hydrogen-bond acceptors (Lipinski definition) is 4. The molecule has 24 heavy (non-hydrogen) atoms. The van der Waals surface area contributed by atoms with Crippen molar-refractivity contribution < 1.29 is 19.1 Å². The molecule has 1 heterocycles. The number of carbonyl (C=O) groups excluding carboxylic acids is 2. The fraction of sp³-hybridized carbons (Fsp3) is 0.333. The molecule has 128 valence electrons. The van der Waals surface area contributed by atoms with Gasteiger partial charge in [0.05, 0.1) is 18.8 Å². The van der Waals surface area contributed by atoms with Gasteiger partial charge in [-0.25, -0.2) is 0 Å². The molecule has 0 aliphatic heterocycles. The Kier molecular flexibility index (Phi) is 6.14. The lowest BCUT2D eigenvalue weighted by molar-refractivity contribution is -0.123. The summed E-state index contributed by atoms with van der Waals surface area (Å²) < 4.78 is 5.02. The van der Waals surface area contributed by atoms with Gasteiger partial charge in [0.2, 0.25) is 5.91 Å². The number of rotatable bonds is 7. The third kappa shape index (κ3) is 5.24. The number of nitrogens with one attached hydrogen (secondary N) is 2. The Morgan fingerprint density at radius 3 is 2.46 bits per heavy atom. The lowest BCUT2D eigenvalue weighted by atomic mass is 10.0. The number of aliphatic hydroxyl groups excluding tert-OH is 1. The van der Waals surface area contributed by atoms with E-state index in [9.17, 15) is 14.7 Å². The zero-order valence-electron chi connectivity index (χ0n) is 13.8. The molecular formula is C18H22N2O4. The lowest BCUT2D eigenvalue weighted by Crippen LogP contribution is -2.29. The van der Waals surface area contributed by atoms with Crippen LogP contribution in [0, 0.1) is 5.92 Å². The molecule has 6 nitrogen and oxygen atoms in total. The third-order valence-corrected chi connectivity index (χ3v) is 3.61. The summed E-state index contributed by atoms with van der Waals surface area (Å²) >= 11 is 0. The highest BCUT2D eigenvalue weighted by atomic mass is 16.3. The van der Waals surface area contributed by atoms with Gasteiger partial charge >= 0.3 is 0 Å². The number of hydrogen-bond donors (Lipinski definition) is 3. The molecule has 1 unspecified atom stereocenters. The van der Waals surface area contributed by atoms with E-state index in [0.29, 0.717) is 12.2 Å². The van der Waals surface area contributed by atoms with E-state index in [1.165, 1.54) is 6.26 Å². The standard InChI is InChI=1S/C18H22N2O4/c1-12(2)15(21)10-17(22)19-11-13-5-7-14(8-6-13)20-18(23)16-4-3-9-24-16/h3-9,12,15,21H,10-11H2,1-2H3,(H,19,22)(H,20,23). The van der Waals surface area contributed by atoms with Crippen LogP contribution in [0.3, 0.4) is 0 Å². The first-order valence-corrected chi connectivity index (χ1v) is 7.84. The van der Waals surface area contributed by atoms with Crippen molar-refractivity contribution in [2.24, 2.45) is 5.92 Å². The minimum absolute atomic E-state index is 0.0489. The molecule has 0 saturated carbocycles.